The quantitative estimate of drug-likeness (QED) is 0.444. The largest absolute Gasteiger partial charge is 0.478 e. The number of carbonyl (C=O) groups excluding carboxylic acids is 3. The second kappa shape index (κ2) is 6.86. The van der Waals surface area contributed by atoms with Crippen molar-refractivity contribution in [2.24, 2.45) is 0 Å². The first kappa shape index (κ1) is 18.3. The summed E-state index contributed by atoms with van der Waals surface area (Å²) >= 11 is 0. The van der Waals surface area contributed by atoms with Crippen LogP contribution in [0.2, 0.25) is 0 Å². The average molecular weight is 348 g/mol. The molecule has 1 aliphatic rings. The summed E-state index contributed by atoms with van der Waals surface area (Å²) in [6, 6.07) is 2.24. The van der Waals surface area contributed by atoms with Crippen molar-refractivity contribution in [1.82, 2.24) is 0 Å². The summed E-state index contributed by atoms with van der Waals surface area (Å²) in [5.41, 5.74) is -0.179. The van der Waals surface area contributed by atoms with Gasteiger partial charge in [-0.2, -0.15) is 0 Å². The van der Waals surface area contributed by atoms with Gasteiger partial charge in [-0.3, -0.25) is 0 Å². The summed E-state index contributed by atoms with van der Waals surface area (Å²) in [4.78, 5) is 46.0. The highest BCUT2D eigenvalue weighted by Gasteiger charge is 2.33. The fourth-order valence-electron chi connectivity index (χ4n) is 2.28. The molecule has 0 spiro atoms. The van der Waals surface area contributed by atoms with Crippen LogP contribution < -0.4 is 0 Å². The Hall–Kier alpha value is -3.00. The van der Waals surface area contributed by atoms with Crippen molar-refractivity contribution in [2.45, 2.75) is 32.5 Å². The van der Waals surface area contributed by atoms with Crippen LogP contribution in [-0.4, -0.2) is 46.3 Å². The molecular formula is C17H16O8. The molecule has 8 heteroatoms. The molecule has 8 nitrogen and oxygen atoms in total. The van der Waals surface area contributed by atoms with Crippen molar-refractivity contribution < 1.29 is 38.9 Å². The number of hydrogen-bond donors (Lipinski definition) is 2. The molecule has 0 saturated carbocycles. The molecule has 0 aromatic heterocycles. The minimum atomic E-state index is -1.33. The monoisotopic (exact) mass is 348 g/mol. The zero-order chi connectivity index (χ0) is 18.9. The van der Waals surface area contributed by atoms with Crippen LogP contribution in [0.15, 0.2) is 24.3 Å². The second-order valence-corrected chi connectivity index (χ2v) is 5.70. The minimum absolute atomic E-state index is 0.0659. The van der Waals surface area contributed by atoms with Gasteiger partial charge in [0.15, 0.2) is 0 Å². The van der Waals surface area contributed by atoms with Gasteiger partial charge in [0.2, 0.25) is 0 Å². The lowest BCUT2D eigenvalue weighted by Gasteiger charge is -2.20. The number of carbonyl (C=O) groups is 4. The van der Waals surface area contributed by atoms with E-state index in [1.807, 2.05) is 0 Å². The third-order valence-electron chi connectivity index (χ3n) is 3.71. The molecule has 0 fully saturated rings. The third kappa shape index (κ3) is 3.74. The number of aliphatic hydroxyl groups excluding tert-OH is 1. The molecule has 132 valence electrons. The van der Waals surface area contributed by atoms with E-state index in [0.29, 0.717) is 0 Å². The fraction of sp³-hybridized carbons (Fsp3) is 0.294. The molecule has 0 saturated heterocycles. The molecule has 1 aromatic rings. The van der Waals surface area contributed by atoms with Gasteiger partial charge in [-0.05, 0) is 31.5 Å². The number of esters is 3. The summed E-state index contributed by atoms with van der Waals surface area (Å²) in [5.74, 6) is -3.82. The molecule has 2 rings (SSSR count). The predicted molar refractivity (Wildman–Crippen MR) is 83.2 cm³/mol. The Labute approximate surface area is 142 Å². The standard InChI is InChI=1S/C17H16O8/c1-7(2)15(21)24-8(3)13(18)5-9-4-11-12(6-10(9)14(19)20)17(23)25-16(11)22/h4,6,8,13,18H,1,5H2,2-3H3,(H,19,20). The van der Waals surface area contributed by atoms with Gasteiger partial charge >= 0.3 is 23.9 Å². The van der Waals surface area contributed by atoms with E-state index >= 15 is 0 Å². The Kier molecular flexibility index (Phi) is 5.03. The topological polar surface area (TPSA) is 127 Å². The molecule has 0 radical (unpaired) electrons. The first-order chi connectivity index (χ1) is 11.6. The number of fused-ring (bicyclic) bond motifs is 1. The highest BCUT2D eigenvalue weighted by Crippen LogP contribution is 2.26. The van der Waals surface area contributed by atoms with E-state index in [1.54, 1.807) is 0 Å². The molecule has 0 aliphatic carbocycles. The Morgan fingerprint density at radius 3 is 2.32 bits per heavy atom. The number of rotatable bonds is 6. The summed E-state index contributed by atoms with van der Waals surface area (Å²) < 4.78 is 9.44. The van der Waals surface area contributed by atoms with E-state index in [0.717, 1.165) is 6.07 Å². The van der Waals surface area contributed by atoms with E-state index in [4.69, 9.17) is 4.74 Å². The maximum atomic E-state index is 11.6. The highest BCUT2D eigenvalue weighted by molar-refractivity contribution is 6.15. The van der Waals surface area contributed by atoms with Gasteiger partial charge in [0.1, 0.15) is 6.10 Å². The van der Waals surface area contributed by atoms with Gasteiger partial charge < -0.3 is 19.7 Å². The van der Waals surface area contributed by atoms with E-state index < -0.39 is 36.1 Å². The third-order valence-corrected chi connectivity index (χ3v) is 3.71. The van der Waals surface area contributed by atoms with Crippen molar-refractivity contribution in [3.8, 4) is 0 Å². The number of carboxylic acids is 1. The van der Waals surface area contributed by atoms with Crippen molar-refractivity contribution in [2.75, 3.05) is 0 Å². The van der Waals surface area contributed by atoms with Gasteiger partial charge in [-0.1, -0.05) is 6.58 Å². The minimum Gasteiger partial charge on any atom is -0.478 e. The van der Waals surface area contributed by atoms with Crippen molar-refractivity contribution in [1.29, 1.82) is 0 Å². The molecule has 0 amide bonds. The van der Waals surface area contributed by atoms with E-state index in [2.05, 4.69) is 11.3 Å². The molecule has 2 atom stereocenters. The summed E-state index contributed by atoms with van der Waals surface area (Å²) in [7, 11) is 0. The molecule has 1 aromatic carbocycles. The van der Waals surface area contributed by atoms with Crippen LogP contribution in [0.3, 0.4) is 0 Å². The van der Waals surface area contributed by atoms with Gasteiger partial charge in [-0.15, -0.1) is 0 Å². The lowest BCUT2D eigenvalue weighted by molar-refractivity contribution is -0.148. The molecule has 2 N–H and O–H groups in total. The first-order valence-electron chi connectivity index (χ1n) is 7.33. The predicted octanol–water partition coefficient (Wildman–Crippen LogP) is 1.11. The first-order valence-corrected chi connectivity index (χ1v) is 7.33. The van der Waals surface area contributed by atoms with Crippen LogP contribution in [0, 0.1) is 0 Å². The number of cyclic esters (lactones) is 2. The molecule has 25 heavy (non-hydrogen) atoms. The SMILES string of the molecule is C=C(C)C(=O)OC(C)C(O)Cc1cc2c(cc1C(=O)O)C(=O)OC2=O. The van der Waals surface area contributed by atoms with Crippen LogP contribution in [0.1, 0.15) is 50.5 Å². The maximum absolute atomic E-state index is 11.6. The summed E-state index contributed by atoms with van der Waals surface area (Å²) in [5, 5.41) is 19.5. The van der Waals surface area contributed by atoms with E-state index in [-0.39, 0.29) is 34.2 Å². The van der Waals surface area contributed by atoms with E-state index in [9.17, 15) is 29.4 Å². The Morgan fingerprint density at radius 1 is 1.24 bits per heavy atom. The lowest BCUT2D eigenvalue weighted by atomic mass is 9.94. The maximum Gasteiger partial charge on any atom is 0.346 e. The van der Waals surface area contributed by atoms with Crippen molar-refractivity contribution in [3.63, 3.8) is 0 Å². The van der Waals surface area contributed by atoms with Gasteiger partial charge in [0, 0.05) is 12.0 Å². The molecule has 2 unspecified atom stereocenters. The summed E-state index contributed by atoms with van der Waals surface area (Å²) in [6.07, 6.45) is -2.37. The number of aromatic carboxylic acids is 1. The zero-order valence-electron chi connectivity index (χ0n) is 13.6. The Balaban J connectivity index is 2.29. The Morgan fingerprint density at radius 2 is 1.80 bits per heavy atom. The number of ether oxygens (including phenoxy) is 2. The molecular weight excluding hydrogens is 332 g/mol. The smallest absolute Gasteiger partial charge is 0.346 e. The fourth-order valence-corrected chi connectivity index (χ4v) is 2.28. The second-order valence-electron chi connectivity index (χ2n) is 5.70. The molecule has 1 heterocycles. The molecule has 0 bridgehead atoms. The van der Waals surface area contributed by atoms with Gasteiger partial charge in [0.05, 0.1) is 22.8 Å². The van der Waals surface area contributed by atoms with Crippen molar-refractivity contribution >= 4 is 23.9 Å². The normalized spacial score (nSPS) is 15.2. The summed E-state index contributed by atoms with van der Waals surface area (Å²) in [6.45, 7) is 6.32. The van der Waals surface area contributed by atoms with Crippen LogP contribution in [0.4, 0.5) is 0 Å². The van der Waals surface area contributed by atoms with Gasteiger partial charge in [0.25, 0.3) is 0 Å². The number of aliphatic hydroxyl groups is 1. The zero-order valence-corrected chi connectivity index (χ0v) is 13.6. The van der Waals surface area contributed by atoms with Crippen LogP contribution in [0.5, 0.6) is 0 Å². The highest BCUT2D eigenvalue weighted by atomic mass is 16.6. The van der Waals surface area contributed by atoms with E-state index in [1.165, 1.54) is 19.9 Å². The van der Waals surface area contributed by atoms with Crippen LogP contribution in [0.25, 0.3) is 0 Å². The van der Waals surface area contributed by atoms with Gasteiger partial charge in [-0.25, -0.2) is 19.2 Å². The van der Waals surface area contributed by atoms with Crippen molar-refractivity contribution in [3.05, 3.63) is 46.5 Å². The molecule has 1 aliphatic heterocycles. The van der Waals surface area contributed by atoms with Crippen LogP contribution >= 0.6 is 0 Å². The average Bonchev–Trinajstić information content (AvgIpc) is 2.80. The number of benzene rings is 1. The van der Waals surface area contributed by atoms with Crippen LogP contribution in [-0.2, 0) is 20.7 Å². The number of hydrogen-bond acceptors (Lipinski definition) is 7. The Bertz CT molecular complexity index is 792. The lowest BCUT2D eigenvalue weighted by Crippen LogP contribution is -2.31. The number of carboxylic acid groups (broad SMARTS) is 1.